The summed E-state index contributed by atoms with van der Waals surface area (Å²) < 4.78 is 36.5. The smallest absolute Gasteiger partial charge is 0.306 e. The Bertz CT molecular complexity index is 1270. The van der Waals surface area contributed by atoms with Gasteiger partial charge in [-0.1, -0.05) is 25.5 Å². The molecule has 220 valence electrons. The van der Waals surface area contributed by atoms with Crippen molar-refractivity contribution < 1.29 is 37.4 Å². The lowest BCUT2D eigenvalue weighted by molar-refractivity contribution is -0.144. The Labute approximate surface area is 242 Å². The van der Waals surface area contributed by atoms with E-state index in [0.717, 1.165) is 25.8 Å². The zero-order valence-electron chi connectivity index (χ0n) is 22.9. The number of carbonyl (C=O) groups excluding carboxylic acids is 3. The number of hydrogen-bond donors (Lipinski definition) is 2. The molecule has 1 fully saturated rings. The van der Waals surface area contributed by atoms with Gasteiger partial charge in [0, 0.05) is 23.6 Å². The van der Waals surface area contributed by atoms with Crippen LogP contribution in [0.5, 0.6) is 11.5 Å². The van der Waals surface area contributed by atoms with Crippen molar-refractivity contribution in [3.8, 4) is 11.5 Å². The van der Waals surface area contributed by atoms with Crippen LogP contribution in [0.4, 0.5) is 0 Å². The number of rotatable bonds is 15. The van der Waals surface area contributed by atoms with Crippen LogP contribution in [-0.2, 0) is 25.8 Å². The zero-order chi connectivity index (χ0) is 28.4. The highest BCUT2D eigenvalue weighted by molar-refractivity contribution is 7.91. The number of aromatic hydroxyl groups is 1. The first kappa shape index (κ1) is 33.3. The molecule has 0 saturated carbocycles. The largest absolute Gasteiger partial charge is 0.507 e. The molecule has 0 aliphatic carbocycles. The number of phenols is 1. The molecule has 2 aromatic carbocycles. The van der Waals surface area contributed by atoms with Gasteiger partial charge in [0.25, 0.3) is 0 Å². The van der Waals surface area contributed by atoms with Crippen LogP contribution in [0.25, 0.3) is 0 Å². The maximum atomic E-state index is 12.8. The molecule has 11 heteroatoms. The van der Waals surface area contributed by atoms with Crippen LogP contribution in [-0.4, -0.2) is 62.6 Å². The molecule has 0 bridgehead atoms. The van der Waals surface area contributed by atoms with Crippen molar-refractivity contribution in [1.82, 2.24) is 5.32 Å². The summed E-state index contributed by atoms with van der Waals surface area (Å²) in [6.07, 6.45) is 3.45. The molecule has 0 amide bonds. The summed E-state index contributed by atoms with van der Waals surface area (Å²) in [5, 5.41) is 13.7. The second kappa shape index (κ2) is 15.7. The van der Waals surface area contributed by atoms with E-state index in [1.807, 2.05) is 6.92 Å². The Morgan fingerprint density at radius 1 is 1.07 bits per heavy atom. The quantitative estimate of drug-likeness (QED) is 0.174. The number of esters is 1. The highest BCUT2D eigenvalue weighted by Gasteiger charge is 2.19. The number of phenolic OH excluding ortho intramolecular Hbond substituents is 1. The molecule has 3 rings (SSSR count). The summed E-state index contributed by atoms with van der Waals surface area (Å²) in [7, 11) is -3.61. The number of halogens is 1. The molecular formula is C29H38ClNO8S. The lowest BCUT2D eigenvalue weighted by atomic mass is 10.0. The SMILES string of the molecule is CCCc1c(OCCCS(=O)(=O)c2ccc(C(=O)CCC(=O)OCC3CCCN3)cc2)ccc(C(C)=O)c1O.Cl. The molecule has 0 aromatic heterocycles. The van der Waals surface area contributed by atoms with Crippen molar-refractivity contribution in [2.45, 2.75) is 69.7 Å². The molecule has 2 N–H and O–H groups in total. The summed E-state index contributed by atoms with van der Waals surface area (Å²) >= 11 is 0. The van der Waals surface area contributed by atoms with E-state index in [1.54, 1.807) is 6.07 Å². The highest BCUT2D eigenvalue weighted by atomic mass is 35.5. The van der Waals surface area contributed by atoms with Crippen LogP contribution in [0, 0.1) is 0 Å². The third kappa shape index (κ3) is 9.31. The van der Waals surface area contributed by atoms with Gasteiger partial charge in [-0.2, -0.15) is 0 Å². The van der Waals surface area contributed by atoms with E-state index in [4.69, 9.17) is 9.47 Å². The maximum absolute atomic E-state index is 12.8. The average Bonchev–Trinajstić information content (AvgIpc) is 3.44. The van der Waals surface area contributed by atoms with E-state index in [9.17, 15) is 27.9 Å². The fraction of sp³-hybridized carbons (Fsp3) is 0.483. The number of sulfone groups is 1. The molecule has 40 heavy (non-hydrogen) atoms. The van der Waals surface area contributed by atoms with Gasteiger partial charge < -0.3 is 19.9 Å². The van der Waals surface area contributed by atoms with Gasteiger partial charge in [-0.3, -0.25) is 14.4 Å². The van der Waals surface area contributed by atoms with Gasteiger partial charge in [0.1, 0.15) is 18.1 Å². The van der Waals surface area contributed by atoms with Gasteiger partial charge in [0.15, 0.2) is 21.4 Å². The van der Waals surface area contributed by atoms with Gasteiger partial charge in [-0.15, -0.1) is 12.4 Å². The second-order valence-electron chi connectivity index (χ2n) is 9.69. The summed E-state index contributed by atoms with van der Waals surface area (Å²) in [6, 6.07) is 9.00. The van der Waals surface area contributed by atoms with E-state index in [-0.39, 0.29) is 77.8 Å². The number of benzene rings is 2. The van der Waals surface area contributed by atoms with Crippen LogP contribution in [0.2, 0.25) is 0 Å². The van der Waals surface area contributed by atoms with Crippen molar-refractivity contribution in [2.24, 2.45) is 0 Å². The normalized spacial score (nSPS) is 14.8. The summed E-state index contributed by atoms with van der Waals surface area (Å²) in [5.41, 5.74) is 1.10. The van der Waals surface area contributed by atoms with Crippen molar-refractivity contribution in [3.05, 3.63) is 53.1 Å². The number of nitrogens with one attached hydrogen (secondary N) is 1. The van der Waals surface area contributed by atoms with Crippen LogP contribution in [0.1, 0.15) is 78.7 Å². The minimum Gasteiger partial charge on any atom is -0.507 e. The standard InChI is InChI=1S/C29H37NO8S.ClH/c1-3-6-25-27(14-12-24(20(2)31)29(25)34)37-17-5-18-39(35,36)23-10-8-21(9-11-23)26(32)13-15-28(33)38-19-22-7-4-16-30-22;/h8-12,14,22,30,34H,3-7,13,15-19H2,1-2H3;1H. The van der Waals surface area contributed by atoms with Gasteiger partial charge in [0.05, 0.1) is 29.2 Å². The molecule has 0 radical (unpaired) electrons. The number of ether oxygens (including phenoxy) is 2. The molecule has 9 nitrogen and oxygen atoms in total. The Balaban J connectivity index is 0.00000560. The first-order chi connectivity index (χ1) is 18.6. The zero-order valence-corrected chi connectivity index (χ0v) is 24.6. The Morgan fingerprint density at radius 2 is 1.80 bits per heavy atom. The topological polar surface area (TPSA) is 136 Å². The number of hydrogen-bond acceptors (Lipinski definition) is 9. The molecule has 1 aliphatic rings. The maximum Gasteiger partial charge on any atom is 0.306 e. The van der Waals surface area contributed by atoms with E-state index < -0.39 is 15.8 Å². The third-order valence-electron chi connectivity index (χ3n) is 6.63. The number of Topliss-reactive ketones (excluding diaryl/α,β-unsaturated/α-hetero) is 2. The van der Waals surface area contributed by atoms with Crippen molar-refractivity contribution in [2.75, 3.05) is 25.5 Å². The fourth-order valence-corrected chi connectivity index (χ4v) is 5.73. The van der Waals surface area contributed by atoms with Crippen LogP contribution < -0.4 is 10.1 Å². The Kier molecular flexibility index (Phi) is 13.1. The van der Waals surface area contributed by atoms with E-state index in [2.05, 4.69) is 5.32 Å². The van der Waals surface area contributed by atoms with E-state index >= 15 is 0 Å². The van der Waals surface area contributed by atoms with Crippen LogP contribution in [0.3, 0.4) is 0 Å². The predicted octanol–water partition coefficient (Wildman–Crippen LogP) is 4.47. The molecule has 1 heterocycles. The van der Waals surface area contributed by atoms with Crippen LogP contribution >= 0.6 is 12.4 Å². The van der Waals surface area contributed by atoms with Gasteiger partial charge >= 0.3 is 5.97 Å². The average molecular weight is 596 g/mol. The molecule has 1 saturated heterocycles. The monoisotopic (exact) mass is 595 g/mol. The number of carbonyl (C=O) groups is 3. The lowest BCUT2D eigenvalue weighted by Gasteiger charge is -2.14. The van der Waals surface area contributed by atoms with E-state index in [1.165, 1.54) is 37.3 Å². The van der Waals surface area contributed by atoms with Crippen molar-refractivity contribution >= 4 is 39.8 Å². The summed E-state index contributed by atoms with van der Waals surface area (Å²) in [6.45, 7) is 4.66. The minimum atomic E-state index is -3.61. The van der Waals surface area contributed by atoms with Gasteiger partial charge in [-0.25, -0.2) is 8.42 Å². The Hall–Kier alpha value is -2.95. The lowest BCUT2D eigenvalue weighted by Crippen LogP contribution is -2.28. The van der Waals surface area contributed by atoms with E-state index in [0.29, 0.717) is 29.9 Å². The van der Waals surface area contributed by atoms with Gasteiger partial charge in [-0.05, 0) is 63.4 Å². The first-order valence-electron chi connectivity index (χ1n) is 13.4. The second-order valence-corrected chi connectivity index (χ2v) is 11.8. The molecule has 1 aliphatic heterocycles. The number of ketones is 2. The van der Waals surface area contributed by atoms with Crippen molar-refractivity contribution in [1.29, 1.82) is 0 Å². The molecule has 2 aromatic rings. The third-order valence-corrected chi connectivity index (χ3v) is 8.45. The first-order valence-corrected chi connectivity index (χ1v) is 15.0. The highest BCUT2D eigenvalue weighted by Crippen LogP contribution is 2.33. The van der Waals surface area contributed by atoms with Gasteiger partial charge in [0.2, 0.25) is 0 Å². The van der Waals surface area contributed by atoms with Crippen molar-refractivity contribution in [3.63, 3.8) is 0 Å². The predicted molar refractivity (Wildman–Crippen MR) is 154 cm³/mol. The summed E-state index contributed by atoms with van der Waals surface area (Å²) in [4.78, 5) is 36.2. The van der Waals surface area contributed by atoms with Crippen LogP contribution in [0.15, 0.2) is 41.3 Å². The molecule has 1 atom stereocenters. The summed E-state index contributed by atoms with van der Waals surface area (Å²) in [5.74, 6) is -0.760. The fourth-order valence-electron chi connectivity index (χ4n) is 4.45. The molecular weight excluding hydrogens is 558 g/mol. The Morgan fingerprint density at radius 3 is 2.42 bits per heavy atom. The molecule has 1 unspecified atom stereocenters. The minimum absolute atomic E-state index is 0. The molecule has 0 spiro atoms.